The second-order valence-corrected chi connectivity index (χ2v) is 6.66. The summed E-state index contributed by atoms with van der Waals surface area (Å²) in [4.78, 5) is 17.1. The molecule has 0 aliphatic heterocycles. The molecule has 136 valence electrons. The number of carbonyl (C=O) groups excluding carboxylic acids is 1. The molecule has 6 nitrogen and oxygen atoms in total. The number of aryl methyl sites for hydroxylation is 2. The highest BCUT2D eigenvalue weighted by atomic mass is 16.3. The van der Waals surface area contributed by atoms with Gasteiger partial charge in [0.15, 0.2) is 0 Å². The van der Waals surface area contributed by atoms with Crippen molar-refractivity contribution in [2.75, 3.05) is 17.2 Å². The molecule has 0 radical (unpaired) electrons. The molecule has 0 fully saturated rings. The van der Waals surface area contributed by atoms with Crippen LogP contribution in [0.15, 0.2) is 42.5 Å². The third kappa shape index (κ3) is 4.21. The molecule has 0 aliphatic carbocycles. The van der Waals surface area contributed by atoms with Gasteiger partial charge in [-0.25, -0.2) is 4.98 Å². The van der Waals surface area contributed by atoms with Gasteiger partial charge in [0, 0.05) is 12.2 Å². The highest BCUT2D eigenvalue weighted by Gasteiger charge is 2.14. The summed E-state index contributed by atoms with van der Waals surface area (Å²) in [5.74, 6) is 0.445. The van der Waals surface area contributed by atoms with E-state index in [9.17, 15) is 9.90 Å². The molecule has 0 saturated heterocycles. The summed E-state index contributed by atoms with van der Waals surface area (Å²) in [6.07, 6.45) is -0.507. The molecule has 0 aliphatic rings. The molecule has 0 bridgehead atoms. The molecule has 3 aromatic rings. The number of aromatic nitrogens is 2. The van der Waals surface area contributed by atoms with E-state index in [4.69, 9.17) is 0 Å². The zero-order valence-corrected chi connectivity index (χ0v) is 15.3. The molecule has 26 heavy (non-hydrogen) atoms. The van der Waals surface area contributed by atoms with Crippen LogP contribution < -0.4 is 10.6 Å². The third-order valence-electron chi connectivity index (χ3n) is 4.02. The van der Waals surface area contributed by atoms with Crippen LogP contribution in [0.3, 0.4) is 0 Å². The Morgan fingerprint density at radius 3 is 2.58 bits per heavy atom. The maximum Gasteiger partial charge on any atom is 0.244 e. The molecule has 6 heteroatoms. The van der Waals surface area contributed by atoms with Crippen LogP contribution in [0.1, 0.15) is 18.1 Å². The molecule has 1 heterocycles. The van der Waals surface area contributed by atoms with E-state index in [0.717, 1.165) is 27.8 Å². The Morgan fingerprint density at radius 1 is 1.19 bits per heavy atom. The topological polar surface area (TPSA) is 79.2 Å². The first kappa shape index (κ1) is 17.9. The lowest BCUT2D eigenvalue weighted by Gasteiger charge is -2.13. The van der Waals surface area contributed by atoms with Crippen molar-refractivity contribution in [1.29, 1.82) is 0 Å². The van der Waals surface area contributed by atoms with Gasteiger partial charge in [-0.3, -0.25) is 4.79 Å². The third-order valence-corrected chi connectivity index (χ3v) is 4.02. The van der Waals surface area contributed by atoms with Gasteiger partial charge in [0.25, 0.3) is 0 Å². The van der Waals surface area contributed by atoms with Crippen LogP contribution in [0, 0.1) is 13.8 Å². The number of hydrogen-bond acceptors (Lipinski definition) is 4. The van der Waals surface area contributed by atoms with Crippen molar-refractivity contribution in [2.45, 2.75) is 33.4 Å². The van der Waals surface area contributed by atoms with Crippen LogP contribution in [-0.2, 0) is 11.3 Å². The quantitative estimate of drug-likeness (QED) is 0.637. The number of carbonyl (C=O) groups is 1. The summed E-state index contributed by atoms with van der Waals surface area (Å²) in [6.45, 7) is 6.21. The first-order valence-corrected chi connectivity index (χ1v) is 8.68. The lowest BCUT2D eigenvalue weighted by Crippen LogP contribution is -2.22. The smallest absolute Gasteiger partial charge is 0.244 e. The molecular formula is C20H24N4O2. The minimum atomic E-state index is -0.507. The Hall–Kier alpha value is -2.86. The highest BCUT2D eigenvalue weighted by molar-refractivity contribution is 5.92. The summed E-state index contributed by atoms with van der Waals surface area (Å²) in [6, 6.07) is 13.6. The summed E-state index contributed by atoms with van der Waals surface area (Å²) < 4.78 is 1.83. The molecule has 0 saturated carbocycles. The first-order valence-electron chi connectivity index (χ1n) is 8.68. The van der Waals surface area contributed by atoms with E-state index in [0.29, 0.717) is 12.5 Å². The number of amides is 1. The van der Waals surface area contributed by atoms with Crippen LogP contribution in [0.2, 0.25) is 0 Å². The van der Waals surface area contributed by atoms with Gasteiger partial charge < -0.3 is 20.3 Å². The van der Waals surface area contributed by atoms with Crippen LogP contribution >= 0.6 is 0 Å². The van der Waals surface area contributed by atoms with E-state index < -0.39 is 6.10 Å². The highest BCUT2D eigenvalue weighted by Crippen LogP contribution is 2.20. The maximum atomic E-state index is 12.6. The lowest BCUT2D eigenvalue weighted by molar-refractivity contribution is -0.116. The molecule has 0 spiro atoms. The summed E-state index contributed by atoms with van der Waals surface area (Å²) in [5, 5.41) is 15.6. The Labute approximate surface area is 152 Å². The predicted octanol–water partition coefficient (Wildman–Crippen LogP) is 3.08. The zero-order valence-electron chi connectivity index (χ0n) is 15.3. The van der Waals surface area contributed by atoms with E-state index in [1.54, 1.807) is 6.92 Å². The Kier molecular flexibility index (Phi) is 5.23. The predicted molar refractivity (Wildman–Crippen MR) is 104 cm³/mol. The van der Waals surface area contributed by atoms with Gasteiger partial charge in [-0.2, -0.15) is 0 Å². The minimum Gasteiger partial charge on any atom is -0.392 e. The van der Waals surface area contributed by atoms with Crippen LogP contribution in [0.4, 0.5) is 11.6 Å². The Morgan fingerprint density at radius 2 is 1.88 bits per heavy atom. The fourth-order valence-electron chi connectivity index (χ4n) is 3.00. The molecule has 3 rings (SSSR count). The number of nitrogens with one attached hydrogen (secondary N) is 2. The van der Waals surface area contributed by atoms with Crippen LogP contribution in [-0.4, -0.2) is 33.2 Å². The number of fused-ring (bicyclic) bond motifs is 1. The maximum absolute atomic E-state index is 12.6. The number of aliphatic hydroxyl groups excluding tert-OH is 1. The normalized spacial score (nSPS) is 12.2. The SMILES string of the molecule is Cc1cc(C)cc(NC(=O)Cn2c(NCC(C)O)nc3ccccc32)c1. The molecule has 1 amide bonds. The average Bonchev–Trinajstić information content (AvgIpc) is 2.89. The number of rotatable bonds is 6. The van der Waals surface area contributed by atoms with E-state index >= 15 is 0 Å². The first-order chi connectivity index (χ1) is 12.4. The van der Waals surface area contributed by atoms with Crippen molar-refractivity contribution in [3.8, 4) is 0 Å². The van der Waals surface area contributed by atoms with E-state index in [1.165, 1.54) is 0 Å². The van der Waals surface area contributed by atoms with Crippen molar-refractivity contribution < 1.29 is 9.90 Å². The molecule has 3 N–H and O–H groups in total. The summed E-state index contributed by atoms with van der Waals surface area (Å²) >= 11 is 0. The zero-order chi connectivity index (χ0) is 18.7. The largest absolute Gasteiger partial charge is 0.392 e. The molecular weight excluding hydrogens is 328 g/mol. The van der Waals surface area contributed by atoms with Crippen molar-refractivity contribution in [1.82, 2.24) is 9.55 Å². The van der Waals surface area contributed by atoms with Crippen molar-refractivity contribution >= 4 is 28.6 Å². The van der Waals surface area contributed by atoms with E-state index in [2.05, 4.69) is 21.7 Å². The van der Waals surface area contributed by atoms with E-state index in [-0.39, 0.29) is 12.5 Å². The number of nitrogens with zero attached hydrogens (tertiary/aromatic N) is 2. The van der Waals surface area contributed by atoms with E-state index in [1.807, 2.05) is 54.8 Å². The number of benzene rings is 2. The number of aliphatic hydroxyl groups is 1. The number of imidazole rings is 1. The van der Waals surface area contributed by atoms with Gasteiger partial charge >= 0.3 is 0 Å². The van der Waals surface area contributed by atoms with Gasteiger partial charge in [-0.15, -0.1) is 0 Å². The number of para-hydroxylation sites is 2. The van der Waals surface area contributed by atoms with Gasteiger partial charge in [0.2, 0.25) is 11.9 Å². The standard InChI is InChI=1S/C20H24N4O2/c1-13-8-14(2)10-16(9-13)22-19(26)12-24-18-7-5-4-6-17(18)23-20(24)21-11-15(3)25/h4-10,15,25H,11-12H2,1-3H3,(H,21,23)(H,22,26). The summed E-state index contributed by atoms with van der Waals surface area (Å²) in [7, 11) is 0. The summed E-state index contributed by atoms with van der Waals surface area (Å²) in [5.41, 5.74) is 4.67. The van der Waals surface area contributed by atoms with Gasteiger partial charge in [-0.05, 0) is 56.2 Å². The molecule has 1 unspecified atom stereocenters. The van der Waals surface area contributed by atoms with Crippen LogP contribution in [0.5, 0.6) is 0 Å². The Bertz CT molecular complexity index is 910. The average molecular weight is 352 g/mol. The molecule has 1 aromatic heterocycles. The van der Waals surface area contributed by atoms with Gasteiger partial charge in [-0.1, -0.05) is 18.2 Å². The van der Waals surface area contributed by atoms with Crippen molar-refractivity contribution in [3.05, 3.63) is 53.6 Å². The fraction of sp³-hybridized carbons (Fsp3) is 0.300. The lowest BCUT2D eigenvalue weighted by atomic mass is 10.1. The van der Waals surface area contributed by atoms with Crippen LogP contribution in [0.25, 0.3) is 11.0 Å². The minimum absolute atomic E-state index is 0.127. The number of hydrogen-bond donors (Lipinski definition) is 3. The second kappa shape index (κ2) is 7.58. The van der Waals surface area contributed by atoms with Gasteiger partial charge in [0.05, 0.1) is 17.1 Å². The van der Waals surface area contributed by atoms with Crippen molar-refractivity contribution in [3.63, 3.8) is 0 Å². The molecule has 2 aromatic carbocycles. The van der Waals surface area contributed by atoms with Crippen molar-refractivity contribution in [2.24, 2.45) is 0 Å². The fourth-order valence-corrected chi connectivity index (χ4v) is 3.00. The van der Waals surface area contributed by atoms with Gasteiger partial charge in [0.1, 0.15) is 6.54 Å². The monoisotopic (exact) mass is 352 g/mol. The molecule has 1 atom stereocenters. The Balaban J connectivity index is 1.84. The number of anilines is 2. The second-order valence-electron chi connectivity index (χ2n) is 6.66.